The molecule has 108 valence electrons. The Labute approximate surface area is 119 Å². The van der Waals surface area contributed by atoms with Gasteiger partial charge in [-0.3, -0.25) is 0 Å². The molecule has 1 heteroatoms. The van der Waals surface area contributed by atoms with Crippen LogP contribution in [-0.4, -0.2) is 12.6 Å². The van der Waals surface area contributed by atoms with Gasteiger partial charge in [0.1, 0.15) is 0 Å². The van der Waals surface area contributed by atoms with E-state index in [2.05, 4.69) is 72.0 Å². The third-order valence-electron chi connectivity index (χ3n) is 4.09. The molecule has 0 aromatic heterocycles. The molecule has 1 atom stereocenters. The summed E-state index contributed by atoms with van der Waals surface area (Å²) in [4.78, 5) is 0. The average molecular weight is 261 g/mol. The van der Waals surface area contributed by atoms with E-state index >= 15 is 0 Å². The van der Waals surface area contributed by atoms with Crippen LogP contribution < -0.4 is 5.32 Å². The Balaban J connectivity index is 2.88. The predicted molar refractivity (Wildman–Crippen MR) is 85.7 cm³/mol. The fourth-order valence-corrected chi connectivity index (χ4v) is 2.48. The van der Waals surface area contributed by atoms with Crippen LogP contribution in [0, 0.1) is 25.2 Å². The maximum atomic E-state index is 3.61. The zero-order chi connectivity index (χ0) is 14.6. The topological polar surface area (TPSA) is 12.0 Å². The van der Waals surface area contributed by atoms with Crippen LogP contribution in [0.3, 0.4) is 0 Å². The van der Waals surface area contributed by atoms with E-state index in [9.17, 15) is 0 Å². The molecule has 1 N–H and O–H groups in total. The number of rotatable bonds is 5. The third-order valence-corrected chi connectivity index (χ3v) is 4.09. The van der Waals surface area contributed by atoms with E-state index in [1.807, 2.05) is 0 Å². The summed E-state index contributed by atoms with van der Waals surface area (Å²) >= 11 is 0. The summed E-state index contributed by atoms with van der Waals surface area (Å²) in [5, 5.41) is 3.61. The van der Waals surface area contributed by atoms with Crippen molar-refractivity contribution in [1.29, 1.82) is 0 Å². The summed E-state index contributed by atoms with van der Waals surface area (Å²) in [5.74, 6) is 0.662. The Hall–Kier alpha value is -0.820. The van der Waals surface area contributed by atoms with Crippen LogP contribution >= 0.6 is 0 Å². The minimum atomic E-state index is 0.330. The SMILES string of the molecule is Cc1cccc(C)c1CC(CNC(C)C)C(C)(C)C. The van der Waals surface area contributed by atoms with Gasteiger partial charge in [-0.25, -0.2) is 0 Å². The maximum absolute atomic E-state index is 3.61. The van der Waals surface area contributed by atoms with Gasteiger partial charge in [0.25, 0.3) is 0 Å². The van der Waals surface area contributed by atoms with Gasteiger partial charge in [-0.15, -0.1) is 0 Å². The Morgan fingerprint density at radius 2 is 1.58 bits per heavy atom. The molecule has 0 heterocycles. The quantitative estimate of drug-likeness (QED) is 0.822. The molecule has 0 aliphatic rings. The van der Waals surface area contributed by atoms with Crippen molar-refractivity contribution in [2.75, 3.05) is 6.54 Å². The van der Waals surface area contributed by atoms with E-state index in [-0.39, 0.29) is 0 Å². The first-order valence-corrected chi connectivity index (χ1v) is 7.50. The number of benzene rings is 1. The highest BCUT2D eigenvalue weighted by atomic mass is 14.9. The predicted octanol–water partition coefficient (Wildman–Crippen LogP) is 4.51. The molecule has 1 unspecified atom stereocenters. The minimum Gasteiger partial charge on any atom is -0.314 e. The van der Waals surface area contributed by atoms with Gasteiger partial charge in [0, 0.05) is 6.04 Å². The zero-order valence-electron chi connectivity index (χ0n) is 13.8. The molecule has 1 aromatic carbocycles. The molecule has 0 spiro atoms. The number of nitrogens with one attached hydrogen (secondary N) is 1. The summed E-state index contributed by atoms with van der Waals surface area (Å²) in [7, 11) is 0. The lowest BCUT2D eigenvalue weighted by atomic mass is 9.76. The molecule has 1 aromatic rings. The van der Waals surface area contributed by atoms with Crippen LogP contribution in [0.1, 0.15) is 51.3 Å². The molecular weight excluding hydrogens is 230 g/mol. The second kappa shape index (κ2) is 6.56. The van der Waals surface area contributed by atoms with Crippen molar-refractivity contribution in [2.24, 2.45) is 11.3 Å². The van der Waals surface area contributed by atoms with Crippen molar-refractivity contribution in [3.8, 4) is 0 Å². The lowest BCUT2D eigenvalue weighted by Gasteiger charge is -2.32. The Kier molecular flexibility index (Phi) is 5.61. The number of aryl methyl sites for hydroxylation is 2. The Bertz CT molecular complexity index is 378. The van der Waals surface area contributed by atoms with E-state index < -0.39 is 0 Å². The first kappa shape index (κ1) is 16.2. The van der Waals surface area contributed by atoms with Crippen molar-refractivity contribution >= 4 is 0 Å². The van der Waals surface area contributed by atoms with E-state index in [4.69, 9.17) is 0 Å². The van der Waals surface area contributed by atoms with Crippen LogP contribution in [0.5, 0.6) is 0 Å². The largest absolute Gasteiger partial charge is 0.314 e. The molecule has 0 aliphatic heterocycles. The molecule has 0 bridgehead atoms. The van der Waals surface area contributed by atoms with Crippen LogP contribution in [0.2, 0.25) is 0 Å². The summed E-state index contributed by atoms with van der Waals surface area (Å²) in [6, 6.07) is 7.19. The molecule has 0 saturated heterocycles. The van der Waals surface area contributed by atoms with Crippen LogP contribution in [-0.2, 0) is 6.42 Å². The maximum Gasteiger partial charge on any atom is 0.00104 e. The van der Waals surface area contributed by atoms with Gasteiger partial charge in [-0.2, -0.15) is 0 Å². The molecule has 1 rings (SSSR count). The summed E-state index contributed by atoms with van der Waals surface area (Å²) in [5.41, 5.74) is 4.72. The smallest absolute Gasteiger partial charge is 0.00104 e. The first-order chi connectivity index (χ1) is 8.71. The van der Waals surface area contributed by atoms with E-state index in [0.29, 0.717) is 17.4 Å². The molecular formula is C18H31N. The van der Waals surface area contributed by atoms with Gasteiger partial charge in [0.15, 0.2) is 0 Å². The highest BCUT2D eigenvalue weighted by Crippen LogP contribution is 2.30. The van der Waals surface area contributed by atoms with Gasteiger partial charge in [-0.1, -0.05) is 52.8 Å². The Morgan fingerprint density at radius 1 is 1.05 bits per heavy atom. The molecule has 19 heavy (non-hydrogen) atoms. The van der Waals surface area contributed by atoms with Crippen molar-refractivity contribution in [1.82, 2.24) is 5.32 Å². The lowest BCUT2D eigenvalue weighted by Crippen LogP contribution is -2.36. The summed E-state index contributed by atoms with van der Waals surface area (Å²) in [6.07, 6.45) is 1.17. The van der Waals surface area contributed by atoms with Crippen molar-refractivity contribution in [3.63, 3.8) is 0 Å². The molecule has 0 saturated carbocycles. The summed E-state index contributed by atoms with van der Waals surface area (Å²) < 4.78 is 0. The third kappa shape index (κ3) is 4.99. The van der Waals surface area contributed by atoms with Gasteiger partial charge in [-0.05, 0) is 54.8 Å². The van der Waals surface area contributed by atoms with E-state index in [0.717, 1.165) is 6.54 Å². The van der Waals surface area contributed by atoms with Crippen LogP contribution in [0.15, 0.2) is 18.2 Å². The minimum absolute atomic E-state index is 0.330. The highest BCUT2D eigenvalue weighted by Gasteiger charge is 2.25. The van der Waals surface area contributed by atoms with Crippen LogP contribution in [0.25, 0.3) is 0 Å². The van der Waals surface area contributed by atoms with Crippen molar-refractivity contribution in [2.45, 2.75) is 60.9 Å². The van der Waals surface area contributed by atoms with Gasteiger partial charge in [0.05, 0.1) is 0 Å². The molecule has 0 aliphatic carbocycles. The molecule has 0 fully saturated rings. The number of hydrogen-bond acceptors (Lipinski definition) is 1. The van der Waals surface area contributed by atoms with Crippen molar-refractivity contribution in [3.05, 3.63) is 34.9 Å². The fraction of sp³-hybridized carbons (Fsp3) is 0.667. The standard InChI is InChI=1S/C18H31N/c1-13(2)19-12-16(18(5,6)7)11-17-14(3)9-8-10-15(17)4/h8-10,13,16,19H,11-12H2,1-7H3. The Morgan fingerprint density at radius 3 is 2.00 bits per heavy atom. The summed E-state index contributed by atoms with van der Waals surface area (Å²) in [6.45, 7) is 17.1. The highest BCUT2D eigenvalue weighted by molar-refractivity contribution is 5.34. The fourth-order valence-electron chi connectivity index (χ4n) is 2.48. The molecule has 0 radical (unpaired) electrons. The lowest BCUT2D eigenvalue weighted by molar-refractivity contribution is 0.226. The van der Waals surface area contributed by atoms with Crippen molar-refractivity contribution < 1.29 is 0 Å². The second-order valence-corrected chi connectivity index (χ2v) is 7.20. The van der Waals surface area contributed by atoms with Gasteiger partial charge in [0.2, 0.25) is 0 Å². The van der Waals surface area contributed by atoms with Gasteiger partial charge < -0.3 is 5.32 Å². The molecule has 1 nitrogen and oxygen atoms in total. The molecule has 0 amide bonds. The average Bonchev–Trinajstić information content (AvgIpc) is 2.25. The monoisotopic (exact) mass is 261 g/mol. The normalized spacial score (nSPS) is 13.9. The van der Waals surface area contributed by atoms with Gasteiger partial charge >= 0.3 is 0 Å². The van der Waals surface area contributed by atoms with Crippen LogP contribution in [0.4, 0.5) is 0 Å². The number of hydrogen-bond donors (Lipinski definition) is 1. The zero-order valence-corrected chi connectivity index (χ0v) is 13.8. The first-order valence-electron chi connectivity index (χ1n) is 7.50. The van der Waals surface area contributed by atoms with E-state index in [1.54, 1.807) is 0 Å². The van der Waals surface area contributed by atoms with E-state index in [1.165, 1.54) is 23.1 Å². The second-order valence-electron chi connectivity index (χ2n) is 7.20.